The van der Waals surface area contributed by atoms with Crippen LogP contribution < -0.4 is 0 Å². The maximum absolute atomic E-state index is 12.3. The highest BCUT2D eigenvalue weighted by molar-refractivity contribution is 5.76. The monoisotopic (exact) mass is 305 g/mol. The molecule has 6 nitrogen and oxygen atoms in total. The van der Waals surface area contributed by atoms with Crippen LogP contribution in [0.25, 0.3) is 0 Å². The topological polar surface area (TPSA) is 83.9 Å². The minimum atomic E-state index is -0.838. The lowest BCUT2D eigenvalue weighted by atomic mass is 10.1. The van der Waals surface area contributed by atoms with Crippen molar-refractivity contribution in [2.75, 3.05) is 0 Å². The van der Waals surface area contributed by atoms with Crippen molar-refractivity contribution in [1.29, 1.82) is 0 Å². The number of carboxylic acids is 1. The van der Waals surface area contributed by atoms with Gasteiger partial charge in [0, 0.05) is 12.8 Å². The summed E-state index contributed by atoms with van der Waals surface area (Å²) in [7, 11) is 0. The SMILES string of the molecule is O=C(O)CCCCC(=O)N(Cc1ccco1)Cc1ccco1. The predicted molar refractivity (Wildman–Crippen MR) is 77.8 cm³/mol. The van der Waals surface area contributed by atoms with E-state index in [9.17, 15) is 9.59 Å². The summed E-state index contributed by atoms with van der Waals surface area (Å²) in [5.74, 6) is 0.518. The van der Waals surface area contributed by atoms with Crippen LogP contribution >= 0.6 is 0 Å². The van der Waals surface area contributed by atoms with Crippen molar-refractivity contribution in [3.05, 3.63) is 48.3 Å². The van der Waals surface area contributed by atoms with Gasteiger partial charge in [0.1, 0.15) is 11.5 Å². The summed E-state index contributed by atoms with van der Waals surface area (Å²) < 4.78 is 10.6. The summed E-state index contributed by atoms with van der Waals surface area (Å²) in [5, 5.41) is 8.61. The first-order valence-electron chi connectivity index (χ1n) is 7.19. The molecule has 0 aromatic carbocycles. The fraction of sp³-hybridized carbons (Fsp3) is 0.375. The zero-order chi connectivity index (χ0) is 15.8. The minimum Gasteiger partial charge on any atom is -0.481 e. The number of nitrogens with zero attached hydrogens (tertiary/aromatic N) is 1. The van der Waals surface area contributed by atoms with Gasteiger partial charge in [-0.1, -0.05) is 0 Å². The Balaban J connectivity index is 1.90. The van der Waals surface area contributed by atoms with Crippen molar-refractivity contribution < 1.29 is 23.5 Å². The van der Waals surface area contributed by atoms with Crippen LogP contribution in [0.4, 0.5) is 0 Å². The predicted octanol–water partition coefficient (Wildman–Crippen LogP) is 3.05. The molecule has 2 aromatic heterocycles. The molecule has 0 bridgehead atoms. The van der Waals surface area contributed by atoms with Crippen LogP contribution in [-0.2, 0) is 22.7 Å². The first kappa shape index (κ1) is 15.9. The number of hydrogen-bond acceptors (Lipinski definition) is 4. The number of carboxylic acid groups (broad SMARTS) is 1. The number of hydrogen-bond donors (Lipinski definition) is 1. The van der Waals surface area contributed by atoms with Gasteiger partial charge >= 0.3 is 5.97 Å². The quantitative estimate of drug-likeness (QED) is 0.720. The number of carbonyl (C=O) groups is 2. The Hall–Kier alpha value is -2.50. The van der Waals surface area contributed by atoms with Crippen molar-refractivity contribution >= 4 is 11.9 Å². The number of carbonyl (C=O) groups excluding carboxylic acids is 1. The Bertz CT molecular complexity index is 537. The number of rotatable bonds is 9. The molecule has 0 aliphatic carbocycles. The van der Waals surface area contributed by atoms with Crippen LogP contribution in [-0.4, -0.2) is 21.9 Å². The second kappa shape index (κ2) is 8.07. The normalized spacial score (nSPS) is 10.5. The maximum Gasteiger partial charge on any atom is 0.303 e. The molecule has 0 unspecified atom stereocenters. The molecule has 2 rings (SSSR count). The van der Waals surface area contributed by atoms with Gasteiger partial charge in [-0.15, -0.1) is 0 Å². The zero-order valence-electron chi connectivity index (χ0n) is 12.2. The largest absolute Gasteiger partial charge is 0.481 e. The lowest BCUT2D eigenvalue weighted by Crippen LogP contribution is -2.29. The molecule has 1 amide bonds. The van der Waals surface area contributed by atoms with E-state index in [2.05, 4.69) is 0 Å². The van der Waals surface area contributed by atoms with E-state index in [-0.39, 0.29) is 12.3 Å². The standard InChI is InChI=1S/C16H19NO5/c18-15(7-1-2-8-16(19)20)17(11-13-5-3-9-21-13)12-14-6-4-10-22-14/h3-6,9-10H,1-2,7-8,11-12H2,(H,19,20). The Morgan fingerprint density at radius 2 is 1.50 bits per heavy atom. The Kier molecular flexibility index (Phi) is 5.82. The molecule has 0 atom stereocenters. The van der Waals surface area contributed by atoms with Crippen molar-refractivity contribution in [2.24, 2.45) is 0 Å². The summed E-state index contributed by atoms with van der Waals surface area (Å²) in [6.45, 7) is 0.733. The molecule has 0 saturated heterocycles. The van der Waals surface area contributed by atoms with Gasteiger partial charge in [-0.25, -0.2) is 0 Å². The molecule has 0 spiro atoms. The number of aliphatic carboxylic acids is 1. The molecule has 6 heteroatoms. The van der Waals surface area contributed by atoms with Crippen LogP contribution in [0, 0.1) is 0 Å². The number of amides is 1. The van der Waals surface area contributed by atoms with Crippen LogP contribution in [0.2, 0.25) is 0 Å². The van der Waals surface area contributed by atoms with Crippen molar-refractivity contribution in [1.82, 2.24) is 4.90 Å². The van der Waals surface area contributed by atoms with Crippen LogP contribution in [0.1, 0.15) is 37.2 Å². The number of unbranched alkanes of at least 4 members (excludes halogenated alkanes) is 1. The molecule has 1 N–H and O–H groups in total. The van der Waals surface area contributed by atoms with E-state index in [0.717, 1.165) is 0 Å². The molecule has 0 saturated carbocycles. The lowest BCUT2D eigenvalue weighted by molar-refractivity contribution is -0.137. The van der Waals surface area contributed by atoms with Crippen molar-refractivity contribution in [3.63, 3.8) is 0 Å². The molecule has 2 heterocycles. The smallest absolute Gasteiger partial charge is 0.303 e. The first-order chi connectivity index (χ1) is 10.6. The highest BCUT2D eigenvalue weighted by Crippen LogP contribution is 2.14. The first-order valence-corrected chi connectivity index (χ1v) is 7.19. The van der Waals surface area contributed by atoms with Crippen LogP contribution in [0.15, 0.2) is 45.6 Å². The summed E-state index contributed by atoms with van der Waals surface area (Å²) in [6, 6.07) is 7.18. The third-order valence-corrected chi connectivity index (χ3v) is 3.24. The average molecular weight is 305 g/mol. The molecular formula is C16H19NO5. The van der Waals surface area contributed by atoms with Gasteiger partial charge in [-0.05, 0) is 37.1 Å². The minimum absolute atomic E-state index is 0.0433. The van der Waals surface area contributed by atoms with Crippen LogP contribution in [0.5, 0.6) is 0 Å². The summed E-state index contributed by atoms with van der Waals surface area (Å²) in [5.41, 5.74) is 0. The highest BCUT2D eigenvalue weighted by atomic mass is 16.4. The third kappa shape index (κ3) is 5.12. The summed E-state index contributed by atoms with van der Waals surface area (Å²) in [4.78, 5) is 24.5. The fourth-order valence-corrected chi connectivity index (χ4v) is 2.12. The van der Waals surface area contributed by atoms with E-state index in [4.69, 9.17) is 13.9 Å². The average Bonchev–Trinajstić information content (AvgIpc) is 3.16. The third-order valence-electron chi connectivity index (χ3n) is 3.24. The van der Waals surface area contributed by atoms with E-state index >= 15 is 0 Å². The second-order valence-electron chi connectivity index (χ2n) is 5.01. The van der Waals surface area contributed by atoms with Crippen molar-refractivity contribution in [3.8, 4) is 0 Å². The highest BCUT2D eigenvalue weighted by Gasteiger charge is 2.17. The molecule has 118 valence electrons. The van der Waals surface area contributed by atoms with E-state index in [1.165, 1.54) is 0 Å². The number of furan rings is 2. The van der Waals surface area contributed by atoms with Gasteiger partial charge < -0.3 is 18.8 Å². The molecule has 0 aliphatic rings. The molecule has 0 fully saturated rings. The van der Waals surface area contributed by atoms with Gasteiger partial charge in [-0.2, -0.15) is 0 Å². The van der Waals surface area contributed by atoms with E-state index in [0.29, 0.717) is 43.9 Å². The van der Waals surface area contributed by atoms with Crippen LogP contribution in [0.3, 0.4) is 0 Å². The Morgan fingerprint density at radius 3 is 1.95 bits per heavy atom. The second-order valence-corrected chi connectivity index (χ2v) is 5.01. The fourth-order valence-electron chi connectivity index (χ4n) is 2.12. The molecule has 22 heavy (non-hydrogen) atoms. The Morgan fingerprint density at radius 1 is 0.955 bits per heavy atom. The molecule has 2 aromatic rings. The molecule has 0 radical (unpaired) electrons. The Labute approximate surface area is 128 Å². The zero-order valence-corrected chi connectivity index (χ0v) is 12.2. The van der Waals surface area contributed by atoms with Crippen molar-refractivity contribution in [2.45, 2.75) is 38.8 Å². The van der Waals surface area contributed by atoms with Gasteiger partial charge in [0.2, 0.25) is 5.91 Å². The van der Waals surface area contributed by atoms with E-state index in [1.54, 1.807) is 29.6 Å². The molecular weight excluding hydrogens is 286 g/mol. The molecule has 0 aliphatic heterocycles. The van der Waals surface area contributed by atoms with E-state index in [1.807, 2.05) is 12.1 Å². The lowest BCUT2D eigenvalue weighted by Gasteiger charge is -2.20. The van der Waals surface area contributed by atoms with E-state index < -0.39 is 5.97 Å². The summed E-state index contributed by atoms with van der Waals surface area (Å²) >= 11 is 0. The van der Waals surface area contributed by atoms with Gasteiger partial charge in [0.15, 0.2) is 0 Å². The summed E-state index contributed by atoms with van der Waals surface area (Å²) in [6.07, 6.45) is 4.59. The maximum atomic E-state index is 12.3. The van der Waals surface area contributed by atoms with Gasteiger partial charge in [0.05, 0.1) is 25.6 Å². The van der Waals surface area contributed by atoms with Gasteiger partial charge in [-0.3, -0.25) is 9.59 Å². The van der Waals surface area contributed by atoms with Gasteiger partial charge in [0.25, 0.3) is 0 Å².